The molecular weight excluding hydrogens is 300 g/mol. The number of anilines is 1. The van der Waals surface area contributed by atoms with Crippen molar-refractivity contribution < 1.29 is 19.9 Å². The molecule has 0 radical (unpaired) electrons. The van der Waals surface area contributed by atoms with Gasteiger partial charge in [-0.15, -0.1) is 0 Å². The smallest absolute Gasteiger partial charge is 0.326 e. The number of carbonyl (C=O) groups is 1. The van der Waals surface area contributed by atoms with E-state index < -0.39 is 22.9 Å². The summed E-state index contributed by atoms with van der Waals surface area (Å²) in [4.78, 5) is 22.0. The van der Waals surface area contributed by atoms with Crippen molar-refractivity contribution in [3.63, 3.8) is 0 Å². The average molecular weight is 311 g/mol. The maximum Gasteiger partial charge on any atom is 0.326 e. The lowest BCUT2D eigenvalue weighted by molar-refractivity contribution is -0.385. The van der Waals surface area contributed by atoms with Crippen LogP contribution in [0.4, 0.5) is 11.4 Å². The van der Waals surface area contributed by atoms with Crippen LogP contribution in [0.2, 0.25) is 5.02 Å². The zero-order valence-electron chi connectivity index (χ0n) is 10.6. The number of carboxylic acid groups (broad SMARTS) is 1. The average Bonchev–Trinajstić information content (AvgIpc) is 2.86. The number of carboxylic acids is 1. The fourth-order valence-electron chi connectivity index (χ4n) is 3.14. The van der Waals surface area contributed by atoms with Gasteiger partial charge in [-0.3, -0.25) is 10.1 Å². The highest BCUT2D eigenvalue weighted by Crippen LogP contribution is 2.53. The summed E-state index contributed by atoms with van der Waals surface area (Å²) in [6, 6.07) is 0.146. The van der Waals surface area contributed by atoms with Crippen LogP contribution < -0.4 is 5.32 Å². The summed E-state index contributed by atoms with van der Waals surface area (Å²) in [6.45, 7) is 0. The lowest BCUT2D eigenvalue weighted by Crippen LogP contribution is -2.42. The molecule has 7 nitrogen and oxygen atoms in total. The molecule has 0 bridgehead atoms. The number of rotatable bonds is 2. The van der Waals surface area contributed by atoms with Crippen molar-refractivity contribution in [2.24, 2.45) is 5.92 Å². The summed E-state index contributed by atoms with van der Waals surface area (Å²) in [5.74, 6) is -2.14. The van der Waals surface area contributed by atoms with E-state index in [-0.39, 0.29) is 33.6 Å². The van der Waals surface area contributed by atoms with Crippen LogP contribution in [0.5, 0.6) is 5.75 Å². The standard InChI is InChI=1S/C13H11ClN2O5/c14-7-4-8(17)11-9(12(7)16(20)21)5-2-1-3-6(5)10(15-11)13(18)19/h1-2,4-6,10,15,17H,3H2,(H,18,19)/t5-,6-,10+/m0/s1. The van der Waals surface area contributed by atoms with E-state index in [1.165, 1.54) is 0 Å². The summed E-state index contributed by atoms with van der Waals surface area (Å²) in [5.41, 5.74) is 0.0369. The molecule has 2 aliphatic rings. The van der Waals surface area contributed by atoms with Crippen LogP contribution in [0.25, 0.3) is 0 Å². The second kappa shape index (κ2) is 4.63. The SMILES string of the molecule is O=C(O)[C@@H]1Nc2c(O)cc(Cl)c([N+](=O)[O-])c2[C@H]2C=CC[C@@H]21. The van der Waals surface area contributed by atoms with Crippen molar-refractivity contribution in [2.45, 2.75) is 18.4 Å². The van der Waals surface area contributed by atoms with Crippen LogP contribution in [0.15, 0.2) is 18.2 Å². The molecular formula is C13H11ClN2O5. The number of allylic oxidation sites excluding steroid dienone is 2. The van der Waals surface area contributed by atoms with Crippen LogP contribution in [-0.4, -0.2) is 27.1 Å². The molecule has 1 aliphatic carbocycles. The van der Waals surface area contributed by atoms with E-state index >= 15 is 0 Å². The third kappa shape index (κ3) is 1.92. The quantitative estimate of drug-likeness (QED) is 0.335. The first-order chi connectivity index (χ1) is 9.91. The van der Waals surface area contributed by atoms with Gasteiger partial charge in [0.05, 0.1) is 16.2 Å². The van der Waals surface area contributed by atoms with E-state index in [0.29, 0.717) is 6.42 Å². The van der Waals surface area contributed by atoms with Gasteiger partial charge in [0.1, 0.15) is 16.8 Å². The van der Waals surface area contributed by atoms with Gasteiger partial charge in [0.2, 0.25) is 0 Å². The van der Waals surface area contributed by atoms with Crippen molar-refractivity contribution >= 4 is 28.9 Å². The number of nitro benzene ring substituents is 1. The minimum Gasteiger partial charge on any atom is -0.506 e. The van der Waals surface area contributed by atoms with Crippen LogP contribution >= 0.6 is 11.6 Å². The normalized spacial score (nSPS) is 25.9. The number of aliphatic carboxylic acids is 1. The number of nitrogens with one attached hydrogen (secondary N) is 1. The number of phenolic OH excluding ortho intramolecular Hbond substituents is 1. The van der Waals surface area contributed by atoms with Gasteiger partial charge in [0, 0.05) is 17.9 Å². The summed E-state index contributed by atoms with van der Waals surface area (Å²) < 4.78 is 0. The predicted molar refractivity (Wildman–Crippen MR) is 74.8 cm³/mol. The van der Waals surface area contributed by atoms with Gasteiger partial charge in [-0.2, -0.15) is 0 Å². The largest absolute Gasteiger partial charge is 0.506 e. The van der Waals surface area contributed by atoms with Crippen molar-refractivity contribution in [2.75, 3.05) is 5.32 Å². The molecule has 3 atom stereocenters. The highest BCUT2D eigenvalue weighted by atomic mass is 35.5. The van der Waals surface area contributed by atoms with Crippen LogP contribution in [0.1, 0.15) is 17.9 Å². The Morgan fingerprint density at radius 3 is 2.86 bits per heavy atom. The van der Waals surface area contributed by atoms with Crippen molar-refractivity contribution in [3.05, 3.63) is 38.9 Å². The Balaban J connectivity index is 2.27. The number of benzene rings is 1. The first-order valence-electron chi connectivity index (χ1n) is 6.27. The molecule has 8 heteroatoms. The maximum absolute atomic E-state index is 11.4. The fraction of sp³-hybridized carbons (Fsp3) is 0.308. The Labute approximate surface area is 124 Å². The third-order valence-electron chi connectivity index (χ3n) is 3.99. The molecule has 1 aromatic carbocycles. The summed E-state index contributed by atoms with van der Waals surface area (Å²) in [6.07, 6.45) is 4.03. The summed E-state index contributed by atoms with van der Waals surface area (Å²) >= 11 is 5.88. The Kier molecular flexibility index (Phi) is 3.02. The Hall–Kier alpha value is -2.28. The lowest BCUT2D eigenvalue weighted by Gasteiger charge is -2.34. The second-order valence-corrected chi connectivity index (χ2v) is 5.49. The lowest BCUT2D eigenvalue weighted by atomic mass is 9.78. The number of hydrogen-bond acceptors (Lipinski definition) is 5. The van der Waals surface area contributed by atoms with Crippen LogP contribution in [0, 0.1) is 16.0 Å². The molecule has 3 N–H and O–H groups in total. The number of nitrogens with zero attached hydrogens (tertiary/aromatic N) is 1. The van der Waals surface area contributed by atoms with Gasteiger partial charge in [-0.1, -0.05) is 23.8 Å². The van der Waals surface area contributed by atoms with Gasteiger partial charge in [0.15, 0.2) is 0 Å². The maximum atomic E-state index is 11.4. The Bertz CT molecular complexity index is 688. The molecule has 0 aromatic heterocycles. The van der Waals surface area contributed by atoms with Crippen LogP contribution in [0.3, 0.4) is 0 Å². The zero-order valence-corrected chi connectivity index (χ0v) is 11.4. The number of nitro groups is 1. The van der Waals surface area contributed by atoms with Crippen molar-refractivity contribution in [1.29, 1.82) is 0 Å². The van der Waals surface area contributed by atoms with Crippen molar-refractivity contribution in [1.82, 2.24) is 0 Å². The molecule has 0 unspecified atom stereocenters. The molecule has 1 aliphatic heterocycles. The number of aromatic hydroxyl groups is 1. The molecule has 0 saturated heterocycles. The molecule has 110 valence electrons. The van der Waals surface area contributed by atoms with Crippen molar-refractivity contribution in [3.8, 4) is 5.75 Å². The minimum atomic E-state index is -1.06. The first-order valence-corrected chi connectivity index (χ1v) is 6.65. The number of fused-ring (bicyclic) bond motifs is 3. The molecule has 0 fully saturated rings. The van der Waals surface area contributed by atoms with E-state index in [1.807, 2.05) is 0 Å². The van der Waals surface area contributed by atoms with E-state index in [2.05, 4.69) is 5.32 Å². The highest BCUT2D eigenvalue weighted by molar-refractivity contribution is 6.33. The molecule has 0 spiro atoms. The molecule has 3 rings (SSSR count). The highest BCUT2D eigenvalue weighted by Gasteiger charge is 2.45. The van der Waals surface area contributed by atoms with Gasteiger partial charge < -0.3 is 15.5 Å². The van der Waals surface area contributed by atoms with E-state index in [4.69, 9.17) is 11.6 Å². The molecule has 0 amide bonds. The topological polar surface area (TPSA) is 113 Å². The molecule has 0 saturated carbocycles. The molecule has 1 aromatic rings. The van der Waals surface area contributed by atoms with Gasteiger partial charge in [0.25, 0.3) is 5.69 Å². The van der Waals surface area contributed by atoms with E-state index in [1.54, 1.807) is 12.2 Å². The number of halogens is 1. The first kappa shape index (κ1) is 13.7. The Morgan fingerprint density at radius 2 is 2.24 bits per heavy atom. The van der Waals surface area contributed by atoms with E-state index in [9.17, 15) is 25.1 Å². The van der Waals surface area contributed by atoms with Crippen LogP contribution in [-0.2, 0) is 4.79 Å². The summed E-state index contributed by atoms with van der Waals surface area (Å²) in [7, 11) is 0. The van der Waals surface area contributed by atoms with E-state index in [0.717, 1.165) is 6.07 Å². The second-order valence-electron chi connectivity index (χ2n) is 5.09. The van der Waals surface area contributed by atoms with Gasteiger partial charge in [-0.05, 0) is 6.42 Å². The van der Waals surface area contributed by atoms with Gasteiger partial charge >= 0.3 is 5.97 Å². The van der Waals surface area contributed by atoms with Gasteiger partial charge in [-0.25, -0.2) is 4.79 Å². The fourth-order valence-corrected chi connectivity index (χ4v) is 3.41. The number of hydrogen-bond donors (Lipinski definition) is 3. The minimum absolute atomic E-state index is 0.0753. The number of phenols is 1. The predicted octanol–water partition coefficient (Wildman–Crippen LogP) is 2.49. The molecule has 1 heterocycles. The molecule has 21 heavy (non-hydrogen) atoms. The monoisotopic (exact) mass is 310 g/mol. The Morgan fingerprint density at radius 1 is 1.52 bits per heavy atom. The third-order valence-corrected chi connectivity index (χ3v) is 4.28. The summed E-state index contributed by atoms with van der Waals surface area (Å²) in [5, 5.41) is 33.1. The zero-order chi connectivity index (χ0) is 15.3.